The molecular formula is C34H37N5O6. The first kappa shape index (κ1) is 29.4. The van der Waals surface area contributed by atoms with Gasteiger partial charge in [-0.25, -0.2) is 4.68 Å². The number of aromatic nitrogens is 3. The summed E-state index contributed by atoms with van der Waals surface area (Å²) in [6, 6.07) is 15.2. The number of allylic oxidation sites excluding steroid dienone is 1. The molecule has 0 aliphatic carbocycles. The van der Waals surface area contributed by atoms with E-state index in [4.69, 9.17) is 9.47 Å². The number of cyclic esters (lactones) is 1. The normalized spacial score (nSPS) is 31.2. The molecule has 2 fully saturated rings. The molecule has 4 aliphatic rings. The molecule has 2 aromatic carbocycles. The standard InChI is InChI=1S/C34H37N5O6/c1-33-16-9-2-3-10-19-44-32(43)28(33)27-30(41)39(24(21-40)20-23-12-5-4-6-13-23)29-31(42)37(18-11-17-34(27,29)45-33)22-38-26-15-8-7-14-25(26)35-36-38/h4-9,11-17,24,27-29,40H,2-3,10,18-22H2,1H3/b16-9-/t24-,27+,28+,29?,33-,34+/m1/s1. The van der Waals surface area contributed by atoms with Gasteiger partial charge in [-0.05, 0) is 50.3 Å². The summed E-state index contributed by atoms with van der Waals surface area (Å²) < 4.78 is 14.3. The Balaban J connectivity index is 1.33. The molecule has 234 valence electrons. The zero-order chi connectivity index (χ0) is 31.2. The number of amides is 2. The summed E-state index contributed by atoms with van der Waals surface area (Å²) in [7, 11) is 0. The van der Waals surface area contributed by atoms with Crippen molar-refractivity contribution >= 4 is 28.8 Å². The Bertz CT molecular complexity index is 1670. The van der Waals surface area contributed by atoms with E-state index in [1.165, 1.54) is 4.90 Å². The van der Waals surface area contributed by atoms with Crippen molar-refractivity contribution < 1.29 is 29.0 Å². The zero-order valence-corrected chi connectivity index (χ0v) is 25.2. The second kappa shape index (κ2) is 11.5. The number of nitrogens with zero attached hydrogens (tertiary/aromatic N) is 5. The summed E-state index contributed by atoms with van der Waals surface area (Å²) in [6.45, 7) is 2.00. The van der Waals surface area contributed by atoms with Gasteiger partial charge in [0, 0.05) is 6.54 Å². The Morgan fingerprint density at radius 2 is 1.78 bits per heavy atom. The molecule has 1 unspecified atom stereocenters. The molecule has 4 aliphatic heterocycles. The third-order valence-electron chi connectivity index (χ3n) is 9.66. The van der Waals surface area contributed by atoms with Gasteiger partial charge in [0.1, 0.15) is 29.7 Å². The second-order valence-corrected chi connectivity index (χ2v) is 12.5. The molecule has 1 spiro atoms. The van der Waals surface area contributed by atoms with Crippen molar-refractivity contribution in [3.63, 3.8) is 0 Å². The van der Waals surface area contributed by atoms with E-state index in [-0.39, 0.29) is 32.3 Å². The highest BCUT2D eigenvalue weighted by Crippen LogP contribution is 2.57. The zero-order valence-electron chi connectivity index (χ0n) is 25.2. The number of para-hydroxylation sites is 1. The average Bonchev–Trinajstić information content (AvgIpc) is 3.61. The molecule has 5 heterocycles. The van der Waals surface area contributed by atoms with Crippen molar-refractivity contribution in [2.24, 2.45) is 11.8 Å². The van der Waals surface area contributed by atoms with Crippen molar-refractivity contribution in [1.29, 1.82) is 0 Å². The number of benzene rings is 2. The molecule has 0 radical (unpaired) electrons. The molecule has 11 heteroatoms. The van der Waals surface area contributed by atoms with Crippen molar-refractivity contribution in [3.05, 3.63) is 84.5 Å². The molecule has 1 N–H and O–H groups in total. The lowest BCUT2D eigenvalue weighted by Gasteiger charge is -2.40. The van der Waals surface area contributed by atoms with E-state index >= 15 is 0 Å². The van der Waals surface area contributed by atoms with Gasteiger partial charge in [-0.1, -0.05) is 72.0 Å². The highest BCUT2D eigenvalue weighted by atomic mass is 16.6. The number of rotatable bonds is 6. The number of esters is 1. The van der Waals surface area contributed by atoms with Crippen LogP contribution in [0.4, 0.5) is 0 Å². The number of fused-ring (bicyclic) bond motifs is 3. The predicted octanol–water partition coefficient (Wildman–Crippen LogP) is 2.65. The van der Waals surface area contributed by atoms with Crippen LogP contribution in [-0.4, -0.2) is 90.7 Å². The number of ether oxygens (including phenoxy) is 2. The van der Waals surface area contributed by atoms with Crippen LogP contribution in [0.15, 0.2) is 78.9 Å². The molecule has 3 aromatic rings. The van der Waals surface area contributed by atoms with Crippen molar-refractivity contribution in [1.82, 2.24) is 24.8 Å². The molecule has 1 aromatic heterocycles. The minimum atomic E-state index is -1.46. The van der Waals surface area contributed by atoms with Crippen LogP contribution in [0.1, 0.15) is 31.7 Å². The monoisotopic (exact) mass is 611 g/mol. The molecular weight excluding hydrogens is 574 g/mol. The van der Waals surface area contributed by atoms with Crippen LogP contribution >= 0.6 is 0 Å². The maximum atomic E-state index is 14.8. The lowest BCUT2D eigenvalue weighted by atomic mass is 9.74. The summed E-state index contributed by atoms with van der Waals surface area (Å²) in [4.78, 5) is 46.5. The first-order valence-electron chi connectivity index (χ1n) is 15.6. The summed E-state index contributed by atoms with van der Waals surface area (Å²) >= 11 is 0. The van der Waals surface area contributed by atoms with E-state index in [0.29, 0.717) is 18.4 Å². The van der Waals surface area contributed by atoms with Crippen LogP contribution in [0.5, 0.6) is 0 Å². The summed E-state index contributed by atoms with van der Waals surface area (Å²) in [5, 5.41) is 19.3. The third kappa shape index (κ3) is 4.85. The first-order chi connectivity index (χ1) is 21.9. The number of carbonyl (C=O) groups is 3. The number of hydrogen-bond donors (Lipinski definition) is 1. The van der Waals surface area contributed by atoms with Gasteiger partial charge in [-0.3, -0.25) is 14.4 Å². The Labute approximate surface area is 261 Å². The van der Waals surface area contributed by atoms with Crippen LogP contribution < -0.4 is 0 Å². The maximum Gasteiger partial charge on any atom is 0.313 e. The van der Waals surface area contributed by atoms with Gasteiger partial charge in [-0.15, -0.1) is 5.10 Å². The fraction of sp³-hybridized carbons (Fsp3) is 0.441. The van der Waals surface area contributed by atoms with Crippen molar-refractivity contribution in [3.8, 4) is 0 Å². The quantitative estimate of drug-likeness (QED) is 0.333. The fourth-order valence-corrected chi connectivity index (χ4v) is 7.62. The number of aliphatic hydroxyl groups is 1. The van der Waals surface area contributed by atoms with Crippen LogP contribution in [0.25, 0.3) is 11.0 Å². The predicted molar refractivity (Wildman–Crippen MR) is 163 cm³/mol. The Morgan fingerprint density at radius 3 is 2.60 bits per heavy atom. The van der Waals surface area contributed by atoms with Gasteiger partial charge in [-0.2, -0.15) is 0 Å². The Hall–Kier alpha value is -4.35. The van der Waals surface area contributed by atoms with Gasteiger partial charge in [0.2, 0.25) is 5.91 Å². The third-order valence-corrected chi connectivity index (χ3v) is 9.66. The van der Waals surface area contributed by atoms with Crippen LogP contribution in [-0.2, 0) is 36.9 Å². The summed E-state index contributed by atoms with van der Waals surface area (Å²) in [6.07, 6.45) is 10.2. The SMILES string of the molecule is C[C@@]12/C=C\CCCCOC(=O)[C@@H]1[C@H]1C(=O)N([C@@H](CO)Cc3ccccc3)C3C(=O)N(Cn4nnc5ccccc54)CC=C[C@@]31O2. The molecule has 6 atom stereocenters. The molecule has 2 saturated heterocycles. The summed E-state index contributed by atoms with van der Waals surface area (Å²) in [5.74, 6) is -3.28. The first-order valence-corrected chi connectivity index (χ1v) is 15.6. The minimum Gasteiger partial charge on any atom is -0.465 e. The molecule has 0 bridgehead atoms. The molecule has 2 amide bonds. The van der Waals surface area contributed by atoms with Gasteiger partial charge in [0.05, 0.1) is 36.3 Å². The van der Waals surface area contributed by atoms with Crippen molar-refractivity contribution in [2.45, 2.75) is 62.6 Å². The maximum absolute atomic E-state index is 14.8. The Morgan fingerprint density at radius 1 is 0.978 bits per heavy atom. The highest BCUT2D eigenvalue weighted by molar-refractivity contribution is 5.99. The van der Waals surface area contributed by atoms with E-state index in [9.17, 15) is 19.5 Å². The van der Waals surface area contributed by atoms with Gasteiger partial charge >= 0.3 is 5.97 Å². The van der Waals surface area contributed by atoms with E-state index in [2.05, 4.69) is 10.3 Å². The van der Waals surface area contributed by atoms with Crippen LogP contribution in [0.2, 0.25) is 0 Å². The number of likely N-dealkylation sites (tertiary alicyclic amines) is 1. The van der Waals surface area contributed by atoms with E-state index < -0.39 is 47.0 Å². The number of hydrogen-bond acceptors (Lipinski definition) is 8. The lowest BCUT2D eigenvalue weighted by Crippen LogP contribution is -2.59. The number of carbonyl (C=O) groups excluding carboxylic acids is 3. The largest absolute Gasteiger partial charge is 0.465 e. The topological polar surface area (TPSA) is 127 Å². The molecule has 11 nitrogen and oxygen atoms in total. The smallest absolute Gasteiger partial charge is 0.313 e. The van der Waals surface area contributed by atoms with E-state index in [1.807, 2.05) is 72.8 Å². The van der Waals surface area contributed by atoms with Crippen LogP contribution in [0.3, 0.4) is 0 Å². The van der Waals surface area contributed by atoms with E-state index in [1.54, 1.807) is 22.6 Å². The van der Waals surface area contributed by atoms with E-state index in [0.717, 1.165) is 23.9 Å². The number of aliphatic hydroxyl groups excluding tert-OH is 1. The van der Waals surface area contributed by atoms with Crippen molar-refractivity contribution in [2.75, 3.05) is 19.8 Å². The van der Waals surface area contributed by atoms with Gasteiger partial charge < -0.3 is 24.4 Å². The molecule has 0 saturated carbocycles. The van der Waals surface area contributed by atoms with Gasteiger partial charge in [0.15, 0.2) is 0 Å². The fourth-order valence-electron chi connectivity index (χ4n) is 7.62. The minimum absolute atomic E-state index is 0.0914. The lowest BCUT2D eigenvalue weighted by molar-refractivity contribution is -0.162. The molecule has 7 rings (SSSR count). The Kier molecular flexibility index (Phi) is 7.53. The van der Waals surface area contributed by atoms with Gasteiger partial charge in [0.25, 0.3) is 5.91 Å². The highest BCUT2D eigenvalue weighted by Gasteiger charge is 2.75. The second-order valence-electron chi connectivity index (χ2n) is 12.5. The molecule has 45 heavy (non-hydrogen) atoms. The average molecular weight is 612 g/mol. The summed E-state index contributed by atoms with van der Waals surface area (Å²) in [5.41, 5.74) is -0.271. The van der Waals surface area contributed by atoms with Crippen LogP contribution in [0, 0.1) is 11.8 Å².